The zero-order valence-electron chi connectivity index (χ0n) is 15.7. The summed E-state index contributed by atoms with van der Waals surface area (Å²) in [6, 6.07) is 13.7. The third-order valence-corrected chi connectivity index (χ3v) is 6.16. The van der Waals surface area contributed by atoms with Crippen LogP contribution in [0.2, 0.25) is 0 Å². The molecule has 3 rings (SSSR count). The molecule has 2 aromatic carbocycles. The molecule has 0 bridgehead atoms. The fraction of sp³-hybridized carbons (Fsp3) is 0.182. The fourth-order valence-electron chi connectivity index (χ4n) is 2.81. The maximum Gasteiger partial charge on any atom is 0.266 e. The summed E-state index contributed by atoms with van der Waals surface area (Å²) in [5.74, 6) is 3.40. The Kier molecular flexibility index (Phi) is 7.37. The summed E-state index contributed by atoms with van der Waals surface area (Å²) in [4.78, 5) is 15.1. The zero-order valence-corrected chi connectivity index (χ0v) is 18.9. The van der Waals surface area contributed by atoms with E-state index in [0.717, 1.165) is 12.0 Å². The number of nitrogens with zero attached hydrogens (tertiary/aromatic N) is 1. The van der Waals surface area contributed by atoms with E-state index in [9.17, 15) is 4.79 Å². The van der Waals surface area contributed by atoms with Crippen molar-refractivity contribution in [3.63, 3.8) is 0 Å². The first-order valence-corrected chi connectivity index (χ1v) is 10.8. The van der Waals surface area contributed by atoms with Gasteiger partial charge >= 0.3 is 0 Å². The predicted molar refractivity (Wildman–Crippen MR) is 125 cm³/mol. The molecule has 4 nitrogen and oxygen atoms in total. The Hall–Kier alpha value is -2.27. The van der Waals surface area contributed by atoms with Crippen molar-refractivity contribution in [2.75, 3.05) is 20.3 Å². The van der Waals surface area contributed by atoms with Crippen LogP contribution in [0.5, 0.6) is 11.5 Å². The molecule has 0 aliphatic carbocycles. The van der Waals surface area contributed by atoms with Crippen molar-refractivity contribution >= 4 is 56.2 Å². The summed E-state index contributed by atoms with van der Waals surface area (Å²) in [5.41, 5.74) is 1.96. The average molecular weight is 488 g/mol. The van der Waals surface area contributed by atoms with E-state index >= 15 is 0 Å². The van der Waals surface area contributed by atoms with Gasteiger partial charge < -0.3 is 9.47 Å². The quantitative estimate of drug-likeness (QED) is 0.315. The molecular weight excluding hydrogens is 470 g/mol. The van der Waals surface area contributed by atoms with Crippen LogP contribution in [0.1, 0.15) is 11.1 Å². The molecule has 0 atom stereocenters. The number of hydrogen-bond donors (Lipinski definition) is 0. The number of terminal acetylenes is 1. The number of hydrogen-bond acceptors (Lipinski definition) is 5. The normalized spacial score (nSPS) is 14.9. The topological polar surface area (TPSA) is 38.8 Å². The van der Waals surface area contributed by atoms with Gasteiger partial charge in [-0.05, 0) is 51.7 Å². The highest BCUT2D eigenvalue weighted by Crippen LogP contribution is 2.39. The van der Waals surface area contributed by atoms with Gasteiger partial charge in [0.2, 0.25) is 0 Å². The van der Waals surface area contributed by atoms with Gasteiger partial charge in [0, 0.05) is 6.54 Å². The molecule has 1 heterocycles. The number of amides is 1. The number of methoxy groups -OCH3 is 1. The molecule has 0 saturated carbocycles. The first kappa shape index (κ1) is 21.4. The SMILES string of the molecule is C#CCOc1c(Br)cc(C=C2SC(=S)N(CCc3ccccc3)C2=O)cc1OC. The van der Waals surface area contributed by atoms with Crippen molar-refractivity contribution < 1.29 is 14.3 Å². The Morgan fingerprint density at radius 2 is 2.07 bits per heavy atom. The number of halogens is 1. The second-order valence-electron chi connectivity index (χ2n) is 6.10. The summed E-state index contributed by atoms with van der Waals surface area (Å²) in [7, 11) is 1.55. The molecule has 1 saturated heterocycles. The summed E-state index contributed by atoms with van der Waals surface area (Å²) in [5, 5.41) is 0. The average Bonchev–Trinajstić information content (AvgIpc) is 2.98. The lowest BCUT2D eigenvalue weighted by atomic mass is 10.1. The van der Waals surface area contributed by atoms with Crippen LogP contribution in [-0.4, -0.2) is 35.4 Å². The number of ether oxygens (including phenoxy) is 2. The Labute approximate surface area is 188 Å². The number of carbonyl (C=O) groups excluding carboxylic acids is 1. The predicted octanol–water partition coefficient (Wildman–Crippen LogP) is 4.91. The first-order chi connectivity index (χ1) is 14.0. The maximum absolute atomic E-state index is 12.8. The molecule has 0 unspecified atom stereocenters. The van der Waals surface area contributed by atoms with Gasteiger partial charge in [0.1, 0.15) is 10.9 Å². The Morgan fingerprint density at radius 1 is 1.31 bits per heavy atom. The summed E-state index contributed by atoms with van der Waals surface area (Å²) >= 11 is 10.2. The van der Waals surface area contributed by atoms with Gasteiger partial charge in [-0.25, -0.2) is 0 Å². The molecule has 0 aromatic heterocycles. The van der Waals surface area contributed by atoms with Crippen LogP contribution < -0.4 is 9.47 Å². The Balaban J connectivity index is 1.78. The van der Waals surface area contributed by atoms with E-state index in [1.54, 1.807) is 24.2 Å². The van der Waals surface area contributed by atoms with E-state index in [2.05, 4.69) is 21.9 Å². The molecule has 1 amide bonds. The van der Waals surface area contributed by atoms with E-state index in [0.29, 0.717) is 31.7 Å². The van der Waals surface area contributed by atoms with Gasteiger partial charge in [-0.1, -0.05) is 60.2 Å². The van der Waals surface area contributed by atoms with Gasteiger partial charge in [0.05, 0.1) is 16.5 Å². The van der Waals surface area contributed by atoms with Crippen LogP contribution in [0.3, 0.4) is 0 Å². The second-order valence-corrected chi connectivity index (χ2v) is 8.63. The summed E-state index contributed by atoms with van der Waals surface area (Å²) in [6.07, 6.45) is 7.82. The van der Waals surface area contributed by atoms with Crippen molar-refractivity contribution in [1.82, 2.24) is 4.90 Å². The van der Waals surface area contributed by atoms with Crippen LogP contribution in [0.25, 0.3) is 6.08 Å². The van der Waals surface area contributed by atoms with Crippen LogP contribution in [0, 0.1) is 12.3 Å². The monoisotopic (exact) mass is 487 g/mol. The van der Waals surface area contributed by atoms with Gasteiger partial charge in [-0.2, -0.15) is 0 Å². The number of thiocarbonyl (C=S) groups is 1. The van der Waals surface area contributed by atoms with Crippen LogP contribution in [0.15, 0.2) is 51.8 Å². The van der Waals surface area contributed by atoms with Crippen LogP contribution in [0.4, 0.5) is 0 Å². The highest BCUT2D eigenvalue weighted by atomic mass is 79.9. The first-order valence-electron chi connectivity index (χ1n) is 8.76. The molecule has 1 aliphatic rings. The van der Waals surface area contributed by atoms with Gasteiger partial charge in [-0.15, -0.1) is 6.42 Å². The van der Waals surface area contributed by atoms with E-state index in [-0.39, 0.29) is 12.5 Å². The molecule has 29 heavy (non-hydrogen) atoms. The molecule has 0 spiro atoms. The Morgan fingerprint density at radius 3 is 2.76 bits per heavy atom. The number of carbonyl (C=O) groups is 1. The molecule has 0 radical (unpaired) electrons. The van der Waals surface area contributed by atoms with Crippen molar-refractivity contribution in [2.24, 2.45) is 0 Å². The largest absolute Gasteiger partial charge is 0.493 e. The molecule has 1 aliphatic heterocycles. The lowest BCUT2D eigenvalue weighted by molar-refractivity contribution is -0.122. The zero-order chi connectivity index (χ0) is 20.8. The lowest BCUT2D eigenvalue weighted by Crippen LogP contribution is -2.30. The van der Waals surface area contributed by atoms with Crippen molar-refractivity contribution in [2.45, 2.75) is 6.42 Å². The summed E-state index contributed by atoms with van der Waals surface area (Å²) < 4.78 is 12.2. The van der Waals surface area contributed by atoms with Gasteiger partial charge in [-0.3, -0.25) is 9.69 Å². The number of thioether (sulfide) groups is 1. The molecule has 0 N–H and O–H groups in total. The minimum atomic E-state index is -0.0846. The number of rotatable bonds is 7. The third kappa shape index (κ3) is 5.21. The Bertz CT molecular complexity index is 999. The van der Waals surface area contributed by atoms with E-state index in [1.807, 2.05) is 36.4 Å². The standard InChI is InChI=1S/C22H18BrNO3S2/c1-3-11-27-20-17(23)12-16(13-18(20)26-2)14-19-21(25)24(22(28)29-19)10-9-15-7-5-4-6-8-15/h1,4-8,12-14H,9-11H2,2H3. The van der Waals surface area contributed by atoms with Crippen LogP contribution >= 0.6 is 39.9 Å². The molecule has 148 valence electrons. The highest BCUT2D eigenvalue weighted by Gasteiger charge is 2.31. The second kappa shape index (κ2) is 9.97. The van der Waals surface area contributed by atoms with E-state index in [1.165, 1.54) is 17.3 Å². The van der Waals surface area contributed by atoms with Gasteiger partial charge in [0.25, 0.3) is 5.91 Å². The minimum Gasteiger partial charge on any atom is -0.493 e. The van der Waals surface area contributed by atoms with E-state index < -0.39 is 0 Å². The smallest absolute Gasteiger partial charge is 0.266 e. The van der Waals surface area contributed by atoms with E-state index in [4.69, 9.17) is 28.1 Å². The molecule has 1 fully saturated rings. The maximum atomic E-state index is 12.8. The minimum absolute atomic E-state index is 0.0846. The van der Waals surface area contributed by atoms with Crippen LogP contribution in [-0.2, 0) is 11.2 Å². The molecule has 2 aromatic rings. The fourth-order valence-corrected chi connectivity index (χ4v) is 4.69. The molecule has 7 heteroatoms. The third-order valence-electron chi connectivity index (χ3n) is 4.19. The lowest BCUT2D eigenvalue weighted by Gasteiger charge is -2.14. The molecular formula is C22H18BrNO3S2. The summed E-state index contributed by atoms with van der Waals surface area (Å²) in [6.45, 7) is 0.687. The number of benzene rings is 2. The highest BCUT2D eigenvalue weighted by molar-refractivity contribution is 9.10. The van der Waals surface area contributed by atoms with Crippen molar-refractivity contribution in [3.8, 4) is 23.8 Å². The van der Waals surface area contributed by atoms with Crippen molar-refractivity contribution in [1.29, 1.82) is 0 Å². The van der Waals surface area contributed by atoms with Gasteiger partial charge in [0.15, 0.2) is 11.5 Å². The van der Waals surface area contributed by atoms with Crippen molar-refractivity contribution in [3.05, 3.63) is 63.0 Å².